The fourth-order valence-electron chi connectivity index (χ4n) is 2.32. The Morgan fingerprint density at radius 2 is 1.96 bits per heavy atom. The molecule has 140 valence electrons. The van der Waals surface area contributed by atoms with Crippen molar-refractivity contribution in [2.45, 2.75) is 45.1 Å². The fraction of sp³-hybridized carbons (Fsp3) is 0.556. The maximum atomic E-state index is 13.6. The number of nitrogens with one attached hydrogen (secondary N) is 2. The van der Waals surface area contributed by atoms with Gasteiger partial charge < -0.3 is 20.5 Å². The Bertz CT molecular complexity index is 566. The first-order valence-electron chi connectivity index (χ1n) is 8.49. The van der Waals surface area contributed by atoms with E-state index in [-0.39, 0.29) is 23.9 Å². The summed E-state index contributed by atoms with van der Waals surface area (Å²) in [4.78, 5) is 22.4. The van der Waals surface area contributed by atoms with Crippen molar-refractivity contribution in [1.29, 1.82) is 0 Å². The van der Waals surface area contributed by atoms with Crippen LogP contribution in [0, 0.1) is 12.7 Å². The molecule has 0 aliphatic carbocycles. The Kier molecular flexibility index (Phi) is 9.54. The number of carbonyl (C=O) groups excluding carboxylic acids is 1. The van der Waals surface area contributed by atoms with Crippen molar-refractivity contribution in [2.75, 3.05) is 20.2 Å². The highest BCUT2D eigenvalue weighted by molar-refractivity contribution is 5.86. The number of halogens is 1. The van der Waals surface area contributed by atoms with Crippen molar-refractivity contribution >= 4 is 11.9 Å². The maximum Gasteiger partial charge on any atom is 0.305 e. The van der Waals surface area contributed by atoms with Crippen LogP contribution in [0.2, 0.25) is 0 Å². The van der Waals surface area contributed by atoms with Gasteiger partial charge in [-0.15, -0.1) is 0 Å². The minimum atomic E-state index is -1.01. The third kappa shape index (κ3) is 8.49. The molecular weight excluding hydrogens is 327 g/mol. The first-order chi connectivity index (χ1) is 11.9. The van der Waals surface area contributed by atoms with Gasteiger partial charge in [-0.25, -0.2) is 4.39 Å². The second kappa shape index (κ2) is 11.4. The van der Waals surface area contributed by atoms with E-state index in [9.17, 15) is 14.0 Å². The van der Waals surface area contributed by atoms with Gasteiger partial charge in [-0.2, -0.15) is 0 Å². The van der Waals surface area contributed by atoms with Gasteiger partial charge in [0.1, 0.15) is 0 Å². The zero-order chi connectivity index (χ0) is 18.7. The number of carbonyl (C=O) groups is 2. The lowest BCUT2D eigenvalue weighted by Crippen LogP contribution is -2.44. The number of carboxylic acids is 1. The summed E-state index contributed by atoms with van der Waals surface area (Å²) < 4.78 is 19.0. The van der Waals surface area contributed by atoms with Crippen molar-refractivity contribution in [1.82, 2.24) is 10.6 Å². The SMILES string of the molecule is CN[C@@H](CC(=O)O)C(=O)NCCCCCCOc1ccc(C)cc1F. The number of likely N-dealkylation sites (N-methyl/N-ethyl adjacent to an activating group) is 1. The van der Waals surface area contributed by atoms with E-state index in [0.717, 1.165) is 31.2 Å². The van der Waals surface area contributed by atoms with Gasteiger partial charge in [0.15, 0.2) is 11.6 Å². The summed E-state index contributed by atoms with van der Waals surface area (Å²) >= 11 is 0. The van der Waals surface area contributed by atoms with Gasteiger partial charge in [-0.05, 0) is 44.5 Å². The maximum absolute atomic E-state index is 13.6. The van der Waals surface area contributed by atoms with Crippen molar-refractivity contribution in [2.24, 2.45) is 0 Å². The summed E-state index contributed by atoms with van der Waals surface area (Å²) in [5.74, 6) is -1.39. The lowest BCUT2D eigenvalue weighted by atomic mass is 10.1. The second-order valence-corrected chi connectivity index (χ2v) is 5.93. The molecule has 0 saturated heterocycles. The van der Waals surface area contributed by atoms with E-state index >= 15 is 0 Å². The minimum Gasteiger partial charge on any atom is -0.491 e. The smallest absolute Gasteiger partial charge is 0.305 e. The first kappa shape index (κ1) is 20.9. The first-order valence-corrected chi connectivity index (χ1v) is 8.49. The van der Waals surface area contributed by atoms with Crippen molar-refractivity contribution in [3.63, 3.8) is 0 Å². The Hall–Kier alpha value is -2.15. The van der Waals surface area contributed by atoms with Gasteiger partial charge in [-0.3, -0.25) is 9.59 Å². The topological polar surface area (TPSA) is 87.7 Å². The molecule has 0 bridgehead atoms. The van der Waals surface area contributed by atoms with Crippen LogP contribution in [0.3, 0.4) is 0 Å². The van der Waals surface area contributed by atoms with Gasteiger partial charge in [0.25, 0.3) is 0 Å². The molecule has 1 rings (SSSR count). The van der Waals surface area contributed by atoms with E-state index in [1.54, 1.807) is 13.1 Å². The fourth-order valence-corrected chi connectivity index (χ4v) is 2.32. The van der Waals surface area contributed by atoms with Crippen molar-refractivity contribution < 1.29 is 23.8 Å². The summed E-state index contributed by atoms with van der Waals surface area (Å²) in [5, 5.41) is 14.1. The molecule has 1 aromatic carbocycles. The predicted molar refractivity (Wildman–Crippen MR) is 93.2 cm³/mol. The summed E-state index contributed by atoms with van der Waals surface area (Å²) in [5.41, 5.74) is 0.857. The van der Waals surface area contributed by atoms with Crippen LogP contribution in [0.1, 0.15) is 37.7 Å². The van der Waals surface area contributed by atoms with Crippen LogP contribution in [0.4, 0.5) is 4.39 Å². The van der Waals surface area contributed by atoms with Crippen molar-refractivity contribution in [3.8, 4) is 5.75 Å². The monoisotopic (exact) mass is 354 g/mol. The molecule has 0 aliphatic rings. The van der Waals surface area contributed by atoms with Gasteiger partial charge in [0, 0.05) is 6.54 Å². The molecule has 6 nitrogen and oxygen atoms in total. The Labute approximate surface area is 147 Å². The van der Waals surface area contributed by atoms with Gasteiger partial charge >= 0.3 is 5.97 Å². The van der Waals surface area contributed by atoms with Gasteiger partial charge in [-0.1, -0.05) is 18.9 Å². The summed E-state index contributed by atoms with van der Waals surface area (Å²) in [6.07, 6.45) is 3.18. The highest BCUT2D eigenvalue weighted by atomic mass is 19.1. The molecular formula is C18H27FN2O4. The van der Waals surface area contributed by atoms with E-state index in [1.807, 2.05) is 13.0 Å². The number of ether oxygens (including phenoxy) is 1. The molecule has 3 N–H and O–H groups in total. The molecule has 25 heavy (non-hydrogen) atoms. The average molecular weight is 354 g/mol. The summed E-state index contributed by atoms with van der Waals surface area (Å²) in [6, 6.07) is 4.18. The lowest BCUT2D eigenvalue weighted by molar-refractivity contribution is -0.139. The molecule has 0 fully saturated rings. The number of aryl methyl sites for hydroxylation is 1. The van der Waals surface area contributed by atoms with E-state index in [4.69, 9.17) is 9.84 Å². The average Bonchev–Trinajstić information content (AvgIpc) is 2.56. The predicted octanol–water partition coefficient (Wildman–Crippen LogP) is 2.25. The molecule has 1 aromatic rings. The molecule has 1 atom stereocenters. The molecule has 0 saturated carbocycles. The number of benzene rings is 1. The quantitative estimate of drug-likeness (QED) is 0.501. The molecule has 0 heterocycles. The highest BCUT2D eigenvalue weighted by Gasteiger charge is 2.18. The molecule has 0 spiro atoms. The number of hydrogen-bond acceptors (Lipinski definition) is 4. The molecule has 0 aromatic heterocycles. The summed E-state index contributed by atoms with van der Waals surface area (Å²) in [7, 11) is 1.56. The molecule has 7 heteroatoms. The van der Waals surface area contributed by atoms with Gasteiger partial charge in [0.2, 0.25) is 5.91 Å². The number of amides is 1. The number of aliphatic carboxylic acids is 1. The van der Waals surface area contributed by atoms with Crippen LogP contribution in [0.5, 0.6) is 5.75 Å². The van der Waals surface area contributed by atoms with E-state index < -0.39 is 12.0 Å². The number of carboxylic acid groups (broad SMARTS) is 1. The number of rotatable bonds is 12. The van der Waals surface area contributed by atoms with E-state index in [2.05, 4.69) is 10.6 Å². The normalized spacial score (nSPS) is 11.8. The van der Waals surface area contributed by atoms with Crippen LogP contribution in [0.25, 0.3) is 0 Å². The van der Waals surface area contributed by atoms with Crippen LogP contribution in [-0.4, -0.2) is 43.2 Å². The zero-order valence-electron chi connectivity index (χ0n) is 14.8. The van der Waals surface area contributed by atoms with E-state index in [1.165, 1.54) is 6.07 Å². The Morgan fingerprint density at radius 1 is 1.24 bits per heavy atom. The Balaban J connectivity index is 2.08. The summed E-state index contributed by atoms with van der Waals surface area (Å²) in [6.45, 7) is 2.78. The molecule has 0 radical (unpaired) electrons. The highest BCUT2D eigenvalue weighted by Crippen LogP contribution is 2.18. The molecule has 0 aliphatic heterocycles. The van der Waals surface area contributed by atoms with Crippen LogP contribution in [-0.2, 0) is 9.59 Å². The zero-order valence-corrected chi connectivity index (χ0v) is 14.8. The largest absolute Gasteiger partial charge is 0.491 e. The van der Waals surface area contributed by atoms with E-state index in [0.29, 0.717) is 13.2 Å². The molecule has 0 unspecified atom stereocenters. The standard InChI is InChI=1S/C18H27FN2O4/c1-13-7-8-16(14(19)11-13)25-10-6-4-3-5-9-21-18(24)15(20-2)12-17(22)23/h7-8,11,15,20H,3-6,9-10,12H2,1-2H3,(H,21,24)(H,22,23)/t15-/m0/s1. The minimum absolute atomic E-state index is 0.241. The third-order valence-electron chi connectivity index (χ3n) is 3.76. The van der Waals surface area contributed by atoms with Crippen LogP contribution in [0.15, 0.2) is 18.2 Å². The number of unbranched alkanes of at least 4 members (excludes halogenated alkanes) is 3. The van der Waals surface area contributed by atoms with Crippen LogP contribution < -0.4 is 15.4 Å². The molecule has 1 amide bonds. The third-order valence-corrected chi connectivity index (χ3v) is 3.76. The Morgan fingerprint density at radius 3 is 2.60 bits per heavy atom. The lowest BCUT2D eigenvalue weighted by Gasteiger charge is -2.13. The van der Waals surface area contributed by atoms with Crippen LogP contribution >= 0.6 is 0 Å². The number of hydrogen-bond donors (Lipinski definition) is 3. The van der Waals surface area contributed by atoms with Crippen molar-refractivity contribution in [3.05, 3.63) is 29.6 Å². The second-order valence-electron chi connectivity index (χ2n) is 5.93. The van der Waals surface area contributed by atoms with Gasteiger partial charge in [0.05, 0.1) is 19.1 Å².